The Bertz CT molecular complexity index is 385. The van der Waals surface area contributed by atoms with Gasteiger partial charge in [0, 0.05) is 23.8 Å². The Morgan fingerprint density at radius 3 is 2.88 bits per heavy atom. The number of benzene rings is 1. The largest absolute Gasteiger partial charge is 0.385 e. The topological polar surface area (TPSA) is 41.1 Å². The zero-order valence-electron chi connectivity index (χ0n) is 9.72. The normalized spacial score (nSPS) is 10.1. The molecule has 0 heterocycles. The molecule has 0 aliphatic heterocycles. The second kappa shape index (κ2) is 7.12. The molecule has 0 atom stereocenters. The fraction of sp³-hybridized carbons (Fsp3) is 0.417. The molecule has 5 heteroatoms. The van der Waals surface area contributed by atoms with E-state index in [1.807, 2.05) is 6.92 Å². The van der Waals surface area contributed by atoms with Crippen molar-refractivity contribution in [3.8, 4) is 0 Å². The number of carbonyl (C=O) groups excluding carboxylic acids is 1. The van der Waals surface area contributed by atoms with Crippen LogP contribution >= 0.6 is 11.6 Å². The predicted octanol–water partition coefficient (Wildman–Crippen LogP) is 2.86. The van der Waals surface area contributed by atoms with Gasteiger partial charge in [-0.25, -0.2) is 0 Å². The van der Waals surface area contributed by atoms with Crippen LogP contribution in [-0.2, 0) is 0 Å². The Labute approximate surface area is 105 Å². The van der Waals surface area contributed by atoms with E-state index in [4.69, 9.17) is 11.6 Å². The Morgan fingerprint density at radius 2 is 2.24 bits per heavy atom. The molecule has 1 aromatic rings. The van der Waals surface area contributed by atoms with Crippen molar-refractivity contribution < 1.29 is 9.18 Å². The van der Waals surface area contributed by atoms with Gasteiger partial charge < -0.3 is 10.6 Å². The molecule has 0 bridgehead atoms. The van der Waals surface area contributed by atoms with Crippen molar-refractivity contribution in [1.82, 2.24) is 5.32 Å². The van der Waals surface area contributed by atoms with Crippen LogP contribution in [0.15, 0.2) is 18.2 Å². The van der Waals surface area contributed by atoms with Crippen LogP contribution in [0.5, 0.6) is 0 Å². The predicted molar refractivity (Wildman–Crippen MR) is 68.5 cm³/mol. The molecule has 1 rings (SSSR count). The third-order valence-electron chi connectivity index (χ3n) is 2.19. The standard InChI is InChI=1S/C12H16ClFN2O/c1-2-15-11-5-4-9(13)8-10(11)12(17)16-7-3-6-14/h4-5,8,15H,2-3,6-7H2,1H3,(H,16,17). The summed E-state index contributed by atoms with van der Waals surface area (Å²) in [5, 5.41) is 6.23. The van der Waals surface area contributed by atoms with Gasteiger partial charge in [-0.05, 0) is 31.5 Å². The van der Waals surface area contributed by atoms with Crippen molar-refractivity contribution in [3.05, 3.63) is 28.8 Å². The van der Waals surface area contributed by atoms with Crippen LogP contribution in [0.4, 0.5) is 10.1 Å². The lowest BCUT2D eigenvalue weighted by molar-refractivity contribution is 0.0953. The summed E-state index contributed by atoms with van der Waals surface area (Å²) in [7, 11) is 0. The first-order chi connectivity index (χ1) is 8.19. The van der Waals surface area contributed by atoms with E-state index in [1.54, 1.807) is 18.2 Å². The van der Waals surface area contributed by atoms with Crippen LogP contribution in [0, 0.1) is 0 Å². The van der Waals surface area contributed by atoms with Gasteiger partial charge in [-0.2, -0.15) is 0 Å². The van der Waals surface area contributed by atoms with Gasteiger partial charge >= 0.3 is 0 Å². The zero-order chi connectivity index (χ0) is 12.7. The minimum absolute atomic E-state index is 0.239. The van der Waals surface area contributed by atoms with Gasteiger partial charge in [-0.15, -0.1) is 0 Å². The van der Waals surface area contributed by atoms with Crippen LogP contribution in [0.1, 0.15) is 23.7 Å². The maximum atomic E-state index is 11.9. The molecule has 1 aromatic carbocycles. The van der Waals surface area contributed by atoms with Crippen LogP contribution < -0.4 is 10.6 Å². The van der Waals surface area contributed by atoms with Gasteiger partial charge in [-0.1, -0.05) is 11.6 Å². The Balaban J connectivity index is 2.78. The molecule has 0 saturated heterocycles. The highest BCUT2D eigenvalue weighted by Crippen LogP contribution is 2.20. The minimum Gasteiger partial charge on any atom is -0.385 e. The minimum atomic E-state index is -0.435. The first-order valence-corrected chi connectivity index (χ1v) is 5.94. The highest BCUT2D eigenvalue weighted by atomic mass is 35.5. The van der Waals surface area contributed by atoms with E-state index in [-0.39, 0.29) is 5.91 Å². The van der Waals surface area contributed by atoms with E-state index in [0.29, 0.717) is 30.1 Å². The molecule has 0 radical (unpaired) electrons. The molecular weight excluding hydrogens is 243 g/mol. The van der Waals surface area contributed by atoms with Gasteiger partial charge in [0.2, 0.25) is 0 Å². The smallest absolute Gasteiger partial charge is 0.253 e. The first-order valence-electron chi connectivity index (χ1n) is 5.56. The lowest BCUT2D eigenvalue weighted by atomic mass is 10.1. The van der Waals surface area contributed by atoms with Crippen LogP contribution in [0.2, 0.25) is 5.02 Å². The highest BCUT2D eigenvalue weighted by molar-refractivity contribution is 6.31. The number of halogens is 2. The van der Waals surface area contributed by atoms with E-state index >= 15 is 0 Å². The number of nitrogens with one attached hydrogen (secondary N) is 2. The monoisotopic (exact) mass is 258 g/mol. The lowest BCUT2D eigenvalue weighted by Crippen LogP contribution is -2.25. The molecule has 0 fully saturated rings. The van der Waals surface area contributed by atoms with E-state index in [1.165, 1.54) is 0 Å². The van der Waals surface area contributed by atoms with Crippen molar-refractivity contribution >= 4 is 23.2 Å². The SMILES string of the molecule is CCNc1ccc(Cl)cc1C(=O)NCCCF. The first kappa shape index (κ1) is 13.8. The van der Waals surface area contributed by atoms with Gasteiger partial charge in [-0.3, -0.25) is 9.18 Å². The molecule has 0 aromatic heterocycles. The van der Waals surface area contributed by atoms with Crippen molar-refractivity contribution in [2.75, 3.05) is 25.1 Å². The summed E-state index contributed by atoms with van der Waals surface area (Å²) in [5.74, 6) is -0.239. The van der Waals surface area contributed by atoms with Crippen LogP contribution in [0.25, 0.3) is 0 Å². The fourth-order valence-corrected chi connectivity index (χ4v) is 1.58. The Morgan fingerprint density at radius 1 is 1.47 bits per heavy atom. The maximum absolute atomic E-state index is 11.9. The average Bonchev–Trinajstić information content (AvgIpc) is 2.32. The summed E-state index contributed by atoms with van der Waals surface area (Å²) in [4.78, 5) is 11.8. The van der Waals surface area contributed by atoms with Crippen molar-refractivity contribution in [3.63, 3.8) is 0 Å². The Kier molecular flexibility index (Phi) is 5.77. The number of hydrogen-bond acceptors (Lipinski definition) is 2. The summed E-state index contributed by atoms with van der Waals surface area (Å²) in [6.45, 7) is 2.55. The summed E-state index contributed by atoms with van der Waals surface area (Å²) >= 11 is 5.85. The van der Waals surface area contributed by atoms with E-state index in [0.717, 1.165) is 5.69 Å². The van der Waals surface area contributed by atoms with Gasteiger partial charge in [0.25, 0.3) is 5.91 Å². The molecule has 0 spiro atoms. The van der Waals surface area contributed by atoms with Gasteiger partial charge in [0.1, 0.15) is 0 Å². The molecular formula is C12H16ClFN2O. The number of carbonyl (C=O) groups is 1. The van der Waals surface area contributed by atoms with Crippen molar-refractivity contribution in [2.24, 2.45) is 0 Å². The molecule has 0 aliphatic rings. The quantitative estimate of drug-likeness (QED) is 0.771. The summed E-state index contributed by atoms with van der Waals surface area (Å²) < 4.78 is 11.9. The molecule has 3 nitrogen and oxygen atoms in total. The van der Waals surface area contributed by atoms with Gasteiger partial charge in [0.05, 0.1) is 12.2 Å². The fourth-order valence-electron chi connectivity index (χ4n) is 1.41. The maximum Gasteiger partial charge on any atom is 0.253 e. The third-order valence-corrected chi connectivity index (χ3v) is 2.42. The average molecular weight is 259 g/mol. The number of hydrogen-bond donors (Lipinski definition) is 2. The molecule has 1 amide bonds. The van der Waals surface area contributed by atoms with Gasteiger partial charge in [0.15, 0.2) is 0 Å². The molecule has 94 valence electrons. The zero-order valence-corrected chi connectivity index (χ0v) is 10.5. The molecule has 17 heavy (non-hydrogen) atoms. The highest BCUT2D eigenvalue weighted by Gasteiger charge is 2.11. The van der Waals surface area contributed by atoms with Crippen molar-refractivity contribution in [2.45, 2.75) is 13.3 Å². The lowest BCUT2D eigenvalue weighted by Gasteiger charge is -2.11. The Hall–Kier alpha value is -1.29. The molecule has 0 saturated carbocycles. The molecule has 0 unspecified atom stereocenters. The second-order valence-electron chi connectivity index (χ2n) is 3.52. The number of rotatable bonds is 6. The summed E-state index contributed by atoms with van der Waals surface area (Å²) in [6, 6.07) is 5.08. The molecule has 0 aliphatic carbocycles. The number of anilines is 1. The third kappa shape index (κ3) is 4.23. The molecule has 2 N–H and O–H groups in total. The number of alkyl halides is 1. The van der Waals surface area contributed by atoms with Crippen molar-refractivity contribution in [1.29, 1.82) is 0 Å². The second-order valence-corrected chi connectivity index (χ2v) is 3.96. The van der Waals surface area contributed by atoms with E-state index < -0.39 is 6.67 Å². The van der Waals surface area contributed by atoms with E-state index in [9.17, 15) is 9.18 Å². The van der Waals surface area contributed by atoms with Crippen LogP contribution in [-0.4, -0.2) is 25.7 Å². The summed E-state index contributed by atoms with van der Waals surface area (Å²) in [6.07, 6.45) is 0.322. The number of amides is 1. The summed E-state index contributed by atoms with van der Waals surface area (Å²) in [5.41, 5.74) is 1.22. The van der Waals surface area contributed by atoms with E-state index in [2.05, 4.69) is 10.6 Å². The van der Waals surface area contributed by atoms with Crippen LogP contribution in [0.3, 0.4) is 0 Å².